The number of nitrogens with one attached hydrogen (secondary N) is 1. The van der Waals surface area contributed by atoms with E-state index in [1.54, 1.807) is 12.1 Å². The minimum absolute atomic E-state index is 0.108. The van der Waals surface area contributed by atoms with Crippen molar-refractivity contribution >= 4 is 28.8 Å². The van der Waals surface area contributed by atoms with E-state index in [1.165, 1.54) is 18.3 Å². The van der Waals surface area contributed by atoms with Crippen LogP contribution in [0.5, 0.6) is 0 Å². The molecule has 0 radical (unpaired) electrons. The first-order valence-electron chi connectivity index (χ1n) is 9.74. The highest BCUT2D eigenvalue weighted by molar-refractivity contribution is 5.98. The SMILES string of the molecule is CC(C)c1c(CC2(C(=O)O)CC2)c2cc(N)c(C=N)cc2n1-c1ccc(F)cc1. The van der Waals surface area contributed by atoms with Gasteiger partial charge in [-0.15, -0.1) is 0 Å². The molecule has 0 atom stereocenters. The highest BCUT2D eigenvalue weighted by atomic mass is 19.1. The van der Waals surface area contributed by atoms with Crippen LogP contribution in [0.3, 0.4) is 0 Å². The van der Waals surface area contributed by atoms with E-state index in [-0.39, 0.29) is 11.7 Å². The Morgan fingerprint density at radius 1 is 1.31 bits per heavy atom. The summed E-state index contributed by atoms with van der Waals surface area (Å²) in [5.41, 5.74) is 10.2. The van der Waals surface area contributed by atoms with Crippen molar-refractivity contribution in [2.24, 2.45) is 5.41 Å². The van der Waals surface area contributed by atoms with Crippen LogP contribution in [0.25, 0.3) is 16.6 Å². The van der Waals surface area contributed by atoms with Crippen LogP contribution in [0.2, 0.25) is 0 Å². The van der Waals surface area contributed by atoms with Gasteiger partial charge in [0.05, 0.1) is 10.9 Å². The first-order chi connectivity index (χ1) is 13.8. The first-order valence-corrected chi connectivity index (χ1v) is 9.74. The van der Waals surface area contributed by atoms with Crippen LogP contribution in [-0.4, -0.2) is 21.9 Å². The molecule has 150 valence electrons. The molecule has 5 nitrogen and oxygen atoms in total. The van der Waals surface area contributed by atoms with Gasteiger partial charge >= 0.3 is 5.97 Å². The van der Waals surface area contributed by atoms with Gasteiger partial charge in [-0.2, -0.15) is 0 Å². The number of carbonyl (C=O) groups is 1. The molecule has 1 fully saturated rings. The van der Waals surface area contributed by atoms with Crippen molar-refractivity contribution in [2.45, 2.75) is 39.0 Å². The van der Waals surface area contributed by atoms with E-state index in [1.807, 2.05) is 12.1 Å². The van der Waals surface area contributed by atoms with E-state index in [0.29, 0.717) is 30.5 Å². The predicted octanol–water partition coefficient (Wildman–Crippen LogP) is 4.88. The molecule has 0 bridgehead atoms. The summed E-state index contributed by atoms with van der Waals surface area (Å²) in [5.74, 6) is -0.973. The number of carboxylic acids is 1. The monoisotopic (exact) mass is 393 g/mol. The molecule has 0 amide bonds. The van der Waals surface area contributed by atoms with E-state index < -0.39 is 11.4 Å². The Bertz CT molecular complexity index is 1130. The Hall–Kier alpha value is -3.15. The average Bonchev–Trinajstić information content (AvgIpc) is 3.40. The molecule has 1 heterocycles. The molecule has 6 heteroatoms. The molecular formula is C23H24FN3O2. The topological polar surface area (TPSA) is 92.1 Å². The van der Waals surface area contributed by atoms with Crippen molar-refractivity contribution < 1.29 is 14.3 Å². The summed E-state index contributed by atoms with van der Waals surface area (Å²) in [4.78, 5) is 11.9. The van der Waals surface area contributed by atoms with Crippen LogP contribution >= 0.6 is 0 Å². The smallest absolute Gasteiger partial charge is 0.309 e. The lowest BCUT2D eigenvalue weighted by molar-refractivity contribution is -0.143. The Morgan fingerprint density at radius 2 is 1.97 bits per heavy atom. The third-order valence-electron chi connectivity index (χ3n) is 5.93. The summed E-state index contributed by atoms with van der Waals surface area (Å²) in [6, 6.07) is 9.97. The van der Waals surface area contributed by atoms with Gasteiger partial charge in [0, 0.05) is 34.2 Å². The molecule has 1 aliphatic rings. The van der Waals surface area contributed by atoms with Crippen LogP contribution in [0.4, 0.5) is 10.1 Å². The fourth-order valence-electron chi connectivity index (χ4n) is 4.19. The summed E-state index contributed by atoms with van der Waals surface area (Å²) in [7, 11) is 0. The number of aliphatic carboxylic acids is 1. The van der Waals surface area contributed by atoms with Gasteiger partial charge in [-0.05, 0) is 67.1 Å². The van der Waals surface area contributed by atoms with Gasteiger partial charge in [-0.25, -0.2) is 4.39 Å². The van der Waals surface area contributed by atoms with Gasteiger partial charge < -0.3 is 20.8 Å². The number of benzene rings is 2. The number of halogens is 1. The Morgan fingerprint density at radius 3 is 2.48 bits per heavy atom. The second-order valence-corrected chi connectivity index (χ2v) is 8.24. The minimum atomic E-state index is -0.765. The second-order valence-electron chi connectivity index (χ2n) is 8.24. The average molecular weight is 393 g/mol. The van der Waals surface area contributed by atoms with Gasteiger partial charge in [0.1, 0.15) is 5.82 Å². The molecule has 0 saturated heterocycles. The number of anilines is 1. The second kappa shape index (κ2) is 6.72. The maximum absolute atomic E-state index is 13.6. The lowest BCUT2D eigenvalue weighted by Crippen LogP contribution is -2.18. The summed E-state index contributed by atoms with van der Waals surface area (Å²) in [6.07, 6.45) is 2.98. The Balaban J connectivity index is 2.06. The van der Waals surface area contributed by atoms with E-state index in [0.717, 1.165) is 27.8 Å². The van der Waals surface area contributed by atoms with Crippen LogP contribution in [-0.2, 0) is 11.2 Å². The fourth-order valence-corrected chi connectivity index (χ4v) is 4.19. The highest BCUT2D eigenvalue weighted by Gasteiger charge is 2.51. The molecule has 4 rings (SSSR count). The van der Waals surface area contributed by atoms with Gasteiger partial charge in [0.15, 0.2) is 0 Å². The Labute approximate surface area is 168 Å². The molecule has 2 aromatic carbocycles. The maximum atomic E-state index is 13.6. The summed E-state index contributed by atoms with van der Waals surface area (Å²) < 4.78 is 15.6. The number of nitrogens with zero attached hydrogens (tertiary/aromatic N) is 1. The van der Waals surface area contributed by atoms with Crippen molar-refractivity contribution in [3.63, 3.8) is 0 Å². The zero-order valence-corrected chi connectivity index (χ0v) is 16.5. The molecule has 1 aliphatic carbocycles. The number of carboxylic acid groups (broad SMARTS) is 1. The third-order valence-corrected chi connectivity index (χ3v) is 5.93. The number of hydrogen-bond acceptors (Lipinski definition) is 3. The van der Waals surface area contributed by atoms with Crippen LogP contribution < -0.4 is 5.73 Å². The molecule has 29 heavy (non-hydrogen) atoms. The quantitative estimate of drug-likeness (QED) is 0.412. The molecule has 0 aliphatic heterocycles. The fraction of sp³-hybridized carbons (Fsp3) is 0.304. The largest absolute Gasteiger partial charge is 0.481 e. The number of nitrogens with two attached hydrogens (primary N) is 1. The summed E-state index contributed by atoms with van der Waals surface area (Å²) in [5, 5.41) is 18.3. The first kappa shape index (κ1) is 19.2. The van der Waals surface area contributed by atoms with Crippen LogP contribution in [0.15, 0.2) is 36.4 Å². The van der Waals surface area contributed by atoms with Crippen molar-refractivity contribution in [1.82, 2.24) is 4.57 Å². The van der Waals surface area contributed by atoms with Crippen LogP contribution in [0.1, 0.15) is 49.4 Å². The van der Waals surface area contributed by atoms with Crippen molar-refractivity contribution in [3.05, 3.63) is 59.0 Å². The van der Waals surface area contributed by atoms with E-state index in [4.69, 9.17) is 11.1 Å². The molecule has 1 aromatic heterocycles. The molecule has 0 spiro atoms. The standard InChI is InChI=1S/C23H24FN3O2/c1-13(2)21-18(11-23(7-8-23)22(28)29)17-10-19(26)14(12-25)9-20(17)27(21)16-5-3-15(24)4-6-16/h3-6,9-10,12-13,25H,7-8,11,26H2,1-2H3,(H,28,29). The normalized spacial score (nSPS) is 15.0. The predicted molar refractivity (Wildman–Crippen MR) is 113 cm³/mol. The lowest BCUT2D eigenvalue weighted by atomic mass is 9.91. The number of nitrogen functional groups attached to an aromatic ring is 1. The number of aromatic nitrogens is 1. The molecule has 1 saturated carbocycles. The van der Waals surface area contributed by atoms with Gasteiger partial charge in [0.2, 0.25) is 0 Å². The Kier molecular flexibility index (Phi) is 4.45. The molecule has 0 unspecified atom stereocenters. The number of fused-ring (bicyclic) bond motifs is 1. The van der Waals surface area contributed by atoms with Crippen molar-refractivity contribution in [2.75, 3.05) is 5.73 Å². The van der Waals surface area contributed by atoms with Crippen molar-refractivity contribution in [3.8, 4) is 5.69 Å². The maximum Gasteiger partial charge on any atom is 0.309 e. The van der Waals surface area contributed by atoms with Crippen molar-refractivity contribution in [1.29, 1.82) is 5.41 Å². The van der Waals surface area contributed by atoms with Crippen LogP contribution in [0, 0.1) is 16.6 Å². The summed E-state index contributed by atoms with van der Waals surface area (Å²) >= 11 is 0. The van der Waals surface area contributed by atoms with E-state index in [2.05, 4.69) is 18.4 Å². The van der Waals surface area contributed by atoms with E-state index in [9.17, 15) is 14.3 Å². The molecule has 3 aromatic rings. The van der Waals surface area contributed by atoms with E-state index >= 15 is 0 Å². The molecule has 4 N–H and O–H groups in total. The van der Waals surface area contributed by atoms with Gasteiger partial charge in [-0.1, -0.05) is 13.8 Å². The number of hydrogen-bond donors (Lipinski definition) is 3. The molecular weight excluding hydrogens is 369 g/mol. The zero-order chi connectivity index (χ0) is 20.9. The highest BCUT2D eigenvalue weighted by Crippen LogP contribution is 2.51. The lowest BCUT2D eigenvalue weighted by Gasteiger charge is -2.17. The number of rotatable bonds is 6. The minimum Gasteiger partial charge on any atom is -0.481 e. The van der Waals surface area contributed by atoms with Gasteiger partial charge in [0.25, 0.3) is 0 Å². The third kappa shape index (κ3) is 3.09. The zero-order valence-electron chi connectivity index (χ0n) is 16.5. The van der Waals surface area contributed by atoms with Gasteiger partial charge in [-0.3, -0.25) is 4.79 Å². The summed E-state index contributed by atoms with van der Waals surface area (Å²) in [6.45, 7) is 4.14.